The van der Waals surface area contributed by atoms with Crippen LogP contribution in [-0.4, -0.2) is 22.9 Å². The number of aryl methyl sites for hydroxylation is 1. The van der Waals surface area contributed by atoms with Gasteiger partial charge in [0.2, 0.25) is 0 Å². The number of benzene rings is 1. The van der Waals surface area contributed by atoms with E-state index in [4.69, 9.17) is 17.3 Å². The summed E-state index contributed by atoms with van der Waals surface area (Å²) >= 11 is 6.34. The van der Waals surface area contributed by atoms with Crippen LogP contribution >= 0.6 is 11.6 Å². The van der Waals surface area contributed by atoms with E-state index in [0.717, 1.165) is 16.7 Å². The summed E-state index contributed by atoms with van der Waals surface area (Å²) in [6, 6.07) is 5.11. The molecule has 2 aromatic rings. The van der Waals surface area contributed by atoms with Crippen LogP contribution in [0.3, 0.4) is 0 Å². The van der Waals surface area contributed by atoms with Crippen LogP contribution in [-0.2, 0) is 16.6 Å². The van der Waals surface area contributed by atoms with E-state index in [1.807, 2.05) is 25.4 Å². The van der Waals surface area contributed by atoms with E-state index in [1.54, 1.807) is 16.9 Å². The predicted molar refractivity (Wildman–Crippen MR) is 86.4 cm³/mol. The van der Waals surface area contributed by atoms with E-state index < -0.39 is 12.0 Å². The fraction of sp³-hybridized carbons (Fsp3) is 0.250. The fourth-order valence-corrected chi connectivity index (χ4v) is 2.60. The molecule has 5 nitrogen and oxygen atoms in total. The van der Waals surface area contributed by atoms with Gasteiger partial charge in [0, 0.05) is 41.0 Å². The van der Waals surface area contributed by atoms with Gasteiger partial charge in [0.15, 0.2) is 0 Å². The first-order valence-corrected chi connectivity index (χ1v) is 7.11. The lowest BCUT2D eigenvalue weighted by Crippen LogP contribution is -2.16. The third-order valence-corrected chi connectivity index (χ3v) is 3.69. The van der Waals surface area contributed by atoms with Crippen LogP contribution in [0.1, 0.15) is 18.0 Å². The van der Waals surface area contributed by atoms with Crippen LogP contribution in [0.2, 0.25) is 5.02 Å². The van der Waals surface area contributed by atoms with Gasteiger partial charge in [-0.25, -0.2) is 4.79 Å². The van der Waals surface area contributed by atoms with Crippen LogP contribution in [0.25, 0.3) is 11.1 Å². The molecule has 1 aromatic carbocycles. The van der Waals surface area contributed by atoms with Crippen molar-refractivity contribution in [2.75, 3.05) is 7.11 Å². The number of methoxy groups -OCH3 is 1. The lowest BCUT2D eigenvalue weighted by Gasteiger charge is -2.17. The molecule has 1 aromatic heterocycles. The standard InChI is InChI=1S/C16H18ClN3O2/c1-10(16(21)22-3)7-14(18)12-5-4-6-13(17)15(12)11-8-19-20(2)9-11/h4-6,8-9,14H,1,7,18H2,2-3H3. The van der Waals surface area contributed by atoms with Crippen LogP contribution in [0.4, 0.5) is 0 Å². The van der Waals surface area contributed by atoms with E-state index in [1.165, 1.54) is 7.11 Å². The molecule has 116 valence electrons. The summed E-state index contributed by atoms with van der Waals surface area (Å²) in [6.45, 7) is 3.72. The summed E-state index contributed by atoms with van der Waals surface area (Å²) in [5.41, 5.74) is 9.11. The second-order valence-corrected chi connectivity index (χ2v) is 5.42. The van der Waals surface area contributed by atoms with E-state index in [0.29, 0.717) is 17.0 Å². The number of carbonyl (C=O) groups is 1. The van der Waals surface area contributed by atoms with Gasteiger partial charge in [0.25, 0.3) is 0 Å². The van der Waals surface area contributed by atoms with Gasteiger partial charge in [0.05, 0.1) is 13.3 Å². The molecule has 0 aliphatic carbocycles. The number of halogens is 1. The molecule has 2 N–H and O–H groups in total. The first-order chi connectivity index (χ1) is 10.4. The SMILES string of the molecule is C=C(CC(N)c1cccc(Cl)c1-c1cnn(C)c1)C(=O)OC. The van der Waals surface area contributed by atoms with Crippen molar-refractivity contribution in [1.82, 2.24) is 9.78 Å². The van der Waals surface area contributed by atoms with E-state index in [9.17, 15) is 4.79 Å². The van der Waals surface area contributed by atoms with Gasteiger partial charge in [-0.2, -0.15) is 5.10 Å². The Labute approximate surface area is 134 Å². The van der Waals surface area contributed by atoms with E-state index >= 15 is 0 Å². The van der Waals surface area contributed by atoms with Crippen molar-refractivity contribution in [1.29, 1.82) is 0 Å². The molecule has 0 radical (unpaired) electrons. The lowest BCUT2D eigenvalue weighted by atomic mass is 9.93. The Hall–Kier alpha value is -2.11. The fourth-order valence-electron chi connectivity index (χ4n) is 2.31. The highest BCUT2D eigenvalue weighted by Gasteiger charge is 2.19. The molecule has 0 spiro atoms. The molecule has 0 saturated heterocycles. The Bertz CT molecular complexity index is 709. The second-order valence-electron chi connectivity index (χ2n) is 5.01. The van der Waals surface area contributed by atoms with Crippen molar-refractivity contribution in [2.45, 2.75) is 12.5 Å². The predicted octanol–water partition coefficient (Wildman–Crippen LogP) is 2.86. The average Bonchev–Trinajstić information content (AvgIpc) is 2.91. The second kappa shape index (κ2) is 6.77. The highest BCUT2D eigenvalue weighted by atomic mass is 35.5. The number of rotatable bonds is 5. The maximum absolute atomic E-state index is 11.5. The summed E-state index contributed by atoms with van der Waals surface area (Å²) in [4.78, 5) is 11.5. The zero-order chi connectivity index (χ0) is 16.3. The summed E-state index contributed by atoms with van der Waals surface area (Å²) in [6.07, 6.45) is 3.89. The average molecular weight is 320 g/mol. The van der Waals surface area contributed by atoms with E-state index in [-0.39, 0.29) is 0 Å². The van der Waals surface area contributed by atoms with Crippen molar-refractivity contribution in [3.05, 3.63) is 53.3 Å². The molecule has 0 amide bonds. The zero-order valence-corrected chi connectivity index (χ0v) is 13.3. The van der Waals surface area contributed by atoms with Gasteiger partial charge >= 0.3 is 5.97 Å². The molecule has 0 saturated carbocycles. The van der Waals surface area contributed by atoms with Crippen LogP contribution in [0.5, 0.6) is 0 Å². The Morgan fingerprint density at radius 2 is 2.27 bits per heavy atom. The number of esters is 1. The largest absolute Gasteiger partial charge is 0.466 e. The van der Waals surface area contributed by atoms with Gasteiger partial charge in [-0.15, -0.1) is 0 Å². The Morgan fingerprint density at radius 3 is 2.86 bits per heavy atom. The monoisotopic (exact) mass is 319 g/mol. The number of hydrogen-bond donors (Lipinski definition) is 1. The molecule has 0 aliphatic heterocycles. The highest BCUT2D eigenvalue weighted by Crippen LogP contribution is 2.35. The Morgan fingerprint density at radius 1 is 1.55 bits per heavy atom. The maximum atomic E-state index is 11.5. The third-order valence-electron chi connectivity index (χ3n) is 3.38. The maximum Gasteiger partial charge on any atom is 0.333 e. The first kappa shape index (κ1) is 16.3. The Kier molecular flexibility index (Phi) is 5.00. The number of ether oxygens (including phenoxy) is 1. The molecule has 22 heavy (non-hydrogen) atoms. The van der Waals surface area contributed by atoms with Crippen LogP contribution in [0, 0.1) is 0 Å². The van der Waals surface area contributed by atoms with Crippen LogP contribution in [0.15, 0.2) is 42.7 Å². The summed E-state index contributed by atoms with van der Waals surface area (Å²) in [5, 5.41) is 4.75. The lowest BCUT2D eigenvalue weighted by molar-refractivity contribution is -0.136. The zero-order valence-electron chi connectivity index (χ0n) is 12.5. The summed E-state index contributed by atoms with van der Waals surface area (Å²) in [5.74, 6) is -0.458. The smallest absolute Gasteiger partial charge is 0.333 e. The topological polar surface area (TPSA) is 70.1 Å². The summed E-state index contributed by atoms with van der Waals surface area (Å²) < 4.78 is 6.35. The number of nitrogens with zero attached hydrogens (tertiary/aromatic N) is 2. The molecule has 0 fully saturated rings. The number of aromatic nitrogens is 2. The van der Waals surface area contributed by atoms with Gasteiger partial charge in [0.1, 0.15) is 0 Å². The van der Waals surface area contributed by atoms with Crippen molar-refractivity contribution in [2.24, 2.45) is 12.8 Å². The molecule has 2 rings (SSSR count). The molecular weight excluding hydrogens is 302 g/mol. The molecule has 1 heterocycles. The van der Waals surface area contributed by atoms with Crippen molar-refractivity contribution in [3.8, 4) is 11.1 Å². The van der Waals surface area contributed by atoms with Gasteiger partial charge in [-0.1, -0.05) is 30.3 Å². The summed E-state index contributed by atoms with van der Waals surface area (Å²) in [7, 11) is 3.15. The molecular formula is C16H18ClN3O2. The van der Waals surface area contributed by atoms with Crippen molar-refractivity contribution in [3.63, 3.8) is 0 Å². The van der Waals surface area contributed by atoms with E-state index in [2.05, 4.69) is 16.4 Å². The number of nitrogens with two attached hydrogens (primary N) is 1. The highest BCUT2D eigenvalue weighted by molar-refractivity contribution is 6.33. The Balaban J connectivity index is 2.37. The molecule has 1 unspecified atom stereocenters. The quantitative estimate of drug-likeness (QED) is 0.679. The molecule has 1 atom stereocenters. The van der Waals surface area contributed by atoms with Crippen molar-refractivity contribution < 1.29 is 9.53 Å². The molecule has 0 aliphatic rings. The minimum absolute atomic E-state index is 0.292. The third kappa shape index (κ3) is 3.37. The van der Waals surface area contributed by atoms with Crippen molar-refractivity contribution >= 4 is 17.6 Å². The number of carbonyl (C=O) groups excluding carboxylic acids is 1. The molecule has 6 heteroatoms. The van der Waals surface area contributed by atoms with Gasteiger partial charge < -0.3 is 10.5 Å². The van der Waals surface area contributed by atoms with Gasteiger partial charge in [-0.05, 0) is 18.1 Å². The first-order valence-electron chi connectivity index (χ1n) is 6.73. The van der Waals surface area contributed by atoms with Crippen LogP contribution < -0.4 is 5.73 Å². The number of hydrogen-bond acceptors (Lipinski definition) is 4. The minimum Gasteiger partial charge on any atom is -0.466 e. The van der Waals surface area contributed by atoms with Gasteiger partial charge in [-0.3, -0.25) is 4.68 Å². The normalized spacial score (nSPS) is 12.0. The molecule has 0 bridgehead atoms. The minimum atomic E-state index is -0.458.